The standard InChI is InChI=1S/C14H24N2/c1-4-16(5-2)12-13(3)15-11-14-9-7-6-8-10-14/h6-10,13,15H,4-5,11-12H2,1-3H3. The van der Waals surface area contributed by atoms with Gasteiger partial charge in [-0.25, -0.2) is 0 Å². The number of benzene rings is 1. The van der Waals surface area contributed by atoms with Crippen molar-refractivity contribution >= 4 is 0 Å². The summed E-state index contributed by atoms with van der Waals surface area (Å²) in [5.74, 6) is 0. The van der Waals surface area contributed by atoms with E-state index in [0.29, 0.717) is 6.04 Å². The predicted octanol–water partition coefficient (Wildman–Crippen LogP) is 2.51. The second kappa shape index (κ2) is 7.42. The minimum Gasteiger partial charge on any atom is -0.309 e. The second-order valence-corrected chi connectivity index (χ2v) is 4.25. The van der Waals surface area contributed by atoms with Crippen LogP contribution in [-0.2, 0) is 6.54 Å². The van der Waals surface area contributed by atoms with Crippen LogP contribution in [0.3, 0.4) is 0 Å². The highest BCUT2D eigenvalue weighted by molar-refractivity contribution is 5.14. The Balaban J connectivity index is 2.27. The molecule has 1 aromatic rings. The van der Waals surface area contributed by atoms with Crippen molar-refractivity contribution in [3.05, 3.63) is 35.9 Å². The van der Waals surface area contributed by atoms with Crippen LogP contribution in [-0.4, -0.2) is 30.6 Å². The molecule has 0 saturated heterocycles. The Hall–Kier alpha value is -0.860. The van der Waals surface area contributed by atoms with Gasteiger partial charge in [0.2, 0.25) is 0 Å². The quantitative estimate of drug-likeness (QED) is 0.759. The molecule has 90 valence electrons. The lowest BCUT2D eigenvalue weighted by molar-refractivity contribution is 0.270. The predicted molar refractivity (Wildman–Crippen MR) is 70.5 cm³/mol. The molecule has 0 aliphatic heterocycles. The molecule has 1 N–H and O–H groups in total. The van der Waals surface area contributed by atoms with Gasteiger partial charge >= 0.3 is 0 Å². The van der Waals surface area contributed by atoms with Crippen LogP contribution in [0.15, 0.2) is 30.3 Å². The second-order valence-electron chi connectivity index (χ2n) is 4.25. The molecular weight excluding hydrogens is 196 g/mol. The molecule has 0 spiro atoms. The van der Waals surface area contributed by atoms with Crippen molar-refractivity contribution in [1.82, 2.24) is 10.2 Å². The molecule has 0 fully saturated rings. The third-order valence-corrected chi connectivity index (χ3v) is 2.92. The Bertz CT molecular complexity index is 267. The van der Waals surface area contributed by atoms with Crippen LogP contribution in [0, 0.1) is 0 Å². The highest BCUT2D eigenvalue weighted by Crippen LogP contribution is 1.99. The fourth-order valence-corrected chi connectivity index (χ4v) is 1.82. The molecule has 1 rings (SSSR count). The summed E-state index contributed by atoms with van der Waals surface area (Å²) in [4.78, 5) is 2.45. The number of likely N-dealkylation sites (N-methyl/N-ethyl adjacent to an activating group) is 1. The highest BCUT2D eigenvalue weighted by atomic mass is 15.1. The Morgan fingerprint density at radius 3 is 2.31 bits per heavy atom. The summed E-state index contributed by atoms with van der Waals surface area (Å²) >= 11 is 0. The lowest BCUT2D eigenvalue weighted by Gasteiger charge is -2.23. The van der Waals surface area contributed by atoms with Gasteiger partial charge in [0.1, 0.15) is 0 Å². The molecule has 0 aliphatic carbocycles. The number of nitrogens with one attached hydrogen (secondary N) is 1. The Morgan fingerprint density at radius 2 is 1.75 bits per heavy atom. The maximum absolute atomic E-state index is 3.56. The van der Waals surface area contributed by atoms with Crippen molar-refractivity contribution in [1.29, 1.82) is 0 Å². The number of hydrogen-bond donors (Lipinski definition) is 1. The molecule has 0 aliphatic rings. The van der Waals surface area contributed by atoms with Crippen molar-refractivity contribution < 1.29 is 0 Å². The highest BCUT2D eigenvalue weighted by Gasteiger charge is 2.05. The van der Waals surface area contributed by atoms with Gasteiger partial charge in [-0.15, -0.1) is 0 Å². The Labute approximate surface area is 99.7 Å². The summed E-state index contributed by atoms with van der Waals surface area (Å²) in [6.07, 6.45) is 0. The van der Waals surface area contributed by atoms with Crippen LogP contribution in [0.25, 0.3) is 0 Å². The van der Waals surface area contributed by atoms with Crippen molar-refractivity contribution in [3.63, 3.8) is 0 Å². The molecule has 2 nitrogen and oxygen atoms in total. The monoisotopic (exact) mass is 220 g/mol. The Morgan fingerprint density at radius 1 is 1.12 bits per heavy atom. The zero-order chi connectivity index (χ0) is 11.8. The maximum atomic E-state index is 3.56. The van der Waals surface area contributed by atoms with E-state index < -0.39 is 0 Å². The zero-order valence-corrected chi connectivity index (χ0v) is 10.7. The molecule has 1 aromatic carbocycles. The average molecular weight is 220 g/mol. The van der Waals surface area contributed by atoms with E-state index in [1.165, 1.54) is 5.56 Å². The first kappa shape index (κ1) is 13.2. The SMILES string of the molecule is CCN(CC)CC(C)NCc1ccccc1. The topological polar surface area (TPSA) is 15.3 Å². The lowest BCUT2D eigenvalue weighted by Crippen LogP contribution is -2.38. The van der Waals surface area contributed by atoms with Gasteiger partial charge in [-0.05, 0) is 25.6 Å². The third-order valence-electron chi connectivity index (χ3n) is 2.92. The van der Waals surface area contributed by atoms with E-state index in [9.17, 15) is 0 Å². The van der Waals surface area contributed by atoms with Gasteiger partial charge < -0.3 is 10.2 Å². The van der Waals surface area contributed by atoms with Crippen molar-refractivity contribution in [3.8, 4) is 0 Å². The van der Waals surface area contributed by atoms with Gasteiger partial charge in [-0.3, -0.25) is 0 Å². The first-order chi connectivity index (χ1) is 7.76. The molecular formula is C14H24N2. The van der Waals surface area contributed by atoms with E-state index >= 15 is 0 Å². The molecule has 0 amide bonds. The summed E-state index contributed by atoms with van der Waals surface area (Å²) in [5, 5.41) is 3.56. The third kappa shape index (κ3) is 4.77. The summed E-state index contributed by atoms with van der Waals surface area (Å²) in [6, 6.07) is 11.1. The van der Waals surface area contributed by atoms with Crippen LogP contribution in [0.1, 0.15) is 26.3 Å². The molecule has 2 heteroatoms. The lowest BCUT2D eigenvalue weighted by atomic mass is 10.2. The summed E-state index contributed by atoms with van der Waals surface area (Å²) in [7, 11) is 0. The van der Waals surface area contributed by atoms with E-state index in [-0.39, 0.29) is 0 Å². The van der Waals surface area contributed by atoms with Gasteiger partial charge in [0.15, 0.2) is 0 Å². The van der Waals surface area contributed by atoms with Gasteiger partial charge in [-0.1, -0.05) is 44.2 Å². The van der Waals surface area contributed by atoms with Crippen molar-refractivity contribution in [2.45, 2.75) is 33.4 Å². The molecule has 0 aromatic heterocycles. The molecule has 0 bridgehead atoms. The minimum atomic E-state index is 0.542. The van der Waals surface area contributed by atoms with Crippen LogP contribution in [0.4, 0.5) is 0 Å². The van der Waals surface area contributed by atoms with E-state index in [1.54, 1.807) is 0 Å². The minimum absolute atomic E-state index is 0.542. The fraction of sp³-hybridized carbons (Fsp3) is 0.571. The van der Waals surface area contributed by atoms with E-state index in [4.69, 9.17) is 0 Å². The van der Waals surface area contributed by atoms with Crippen LogP contribution < -0.4 is 5.32 Å². The van der Waals surface area contributed by atoms with Gasteiger partial charge in [0.25, 0.3) is 0 Å². The molecule has 1 unspecified atom stereocenters. The number of nitrogens with zero attached hydrogens (tertiary/aromatic N) is 1. The first-order valence-electron chi connectivity index (χ1n) is 6.25. The first-order valence-corrected chi connectivity index (χ1v) is 6.25. The van der Waals surface area contributed by atoms with E-state index in [0.717, 1.165) is 26.2 Å². The number of hydrogen-bond acceptors (Lipinski definition) is 2. The van der Waals surface area contributed by atoms with Crippen LogP contribution >= 0.6 is 0 Å². The maximum Gasteiger partial charge on any atom is 0.0208 e. The van der Waals surface area contributed by atoms with Gasteiger partial charge in [0.05, 0.1) is 0 Å². The summed E-state index contributed by atoms with van der Waals surface area (Å²) < 4.78 is 0. The normalized spacial score (nSPS) is 13.0. The average Bonchev–Trinajstić information content (AvgIpc) is 2.34. The molecule has 0 heterocycles. The van der Waals surface area contributed by atoms with Crippen LogP contribution in [0.2, 0.25) is 0 Å². The molecule has 0 saturated carbocycles. The summed E-state index contributed by atoms with van der Waals surface area (Å²) in [6.45, 7) is 11.0. The largest absolute Gasteiger partial charge is 0.309 e. The zero-order valence-electron chi connectivity index (χ0n) is 10.7. The smallest absolute Gasteiger partial charge is 0.0208 e. The van der Waals surface area contributed by atoms with E-state index in [1.807, 2.05) is 0 Å². The molecule has 1 atom stereocenters. The fourth-order valence-electron chi connectivity index (χ4n) is 1.82. The number of rotatable bonds is 7. The van der Waals surface area contributed by atoms with Gasteiger partial charge in [0, 0.05) is 19.1 Å². The molecule has 0 radical (unpaired) electrons. The summed E-state index contributed by atoms with van der Waals surface area (Å²) in [5.41, 5.74) is 1.36. The molecule has 16 heavy (non-hydrogen) atoms. The Kier molecular flexibility index (Phi) is 6.12. The van der Waals surface area contributed by atoms with Crippen LogP contribution in [0.5, 0.6) is 0 Å². The van der Waals surface area contributed by atoms with E-state index in [2.05, 4.69) is 61.3 Å². The van der Waals surface area contributed by atoms with Crippen molar-refractivity contribution in [2.75, 3.05) is 19.6 Å². The van der Waals surface area contributed by atoms with Crippen molar-refractivity contribution in [2.24, 2.45) is 0 Å². The van der Waals surface area contributed by atoms with Gasteiger partial charge in [-0.2, -0.15) is 0 Å².